The molecule has 2 aromatic carbocycles. The Morgan fingerprint density at radius 2 is 1.77 bits per heavy atom. The van der Waals surface area contributed by atoms with E-state index in [0.717, 1.165) is 5.56 Å². The number of carbonyl (C=O) groups is 2. The lowest BCUT2D eigenvalue weighted by Gasteiger charge is -2.18. The number of anilines is 1. The number of hydrogen-bond acceptors (Lipinski definition) is 3. The molecule has 1 N–H and O–H groups in total. The summed E-state index contributed by atoms with van der Waals surface area (Å²) in [5.41, 5.74) is 3.27. The number of rotatable bonds is 2. The van der Waals surface area contributed by atoms with E-state index in [1.807, 2.05) is 12.1 Å². The molecule has 0 radical (unpaired) electrons. The van der Waals surface area contributed by atoms with E-state index in [1.54, 1.807) is 48.8 Å². The minimum Gasteiger partial charge on any atom is -0.321 e. The van der Waals surface area contributed by atoms with E-state index >= 15 is 0 Å². The summed E-state index contributed by atoms with van der Waals surface area (Å²) in [6.07, 6.45) is 5.52. The Balaban J connectivity index is 1.62. The summed E-state index contributed by atoms with van der Waals surface area (Å²) in [5, 5.41) is 3.50. The summed E-state index contributed by atoms with van der Waals surface area (Å²) in [7, 11) is 0. The number of halogens is 2. The van der Waals surface area contributed by atoms with E-state index in [2.05, 4.69) is 22.1 Å². The van der Waals surface area contributed by atoms with Crippen LogP contribution in [-0.2, 0) is 11.2 Å². The Morgan fingerprint density at radius 1 is 0.967 bits per heavy atom. The lowest BCUT2D eigenvalue weighted by atomic mass is 9.94. The molecule has 0 aliphatic carbocycles. The average molecular weight is 433 g/mol. The van der Waals surface area contributed by atoms with Crippen LogP contribution < -0.4 is 5.32 Å². The zero-order valence-corrected chi connectivity index (χ0v) is 17.1. The Hall–Kier alpha value is -3.39. The Kier molecular flexibility index (Phi) is 5.67. The van der Waals surface area contributed by atoms with Crippen LogP contribution in [0.25, 0.3) is 6.08 Å². The van der Waals surface area contributed by atoms with Crippen molar-refractivity contribution in [1.82, 2.24) is 4.98 Å². The molecular formula is C24H14Cl2N2O2. The molecule has 0 saturated heterocycles. The zero-order valence-electron chi connectivity index (χ0n) is 15.6. The number of amides is 1. The normalized spacial score (nSPS) is 14.0. The minimum atomic E-state index is -0.463. The van der Waals surface area contributed by atoms with Crippen molar-refractivity contribution in [3.8, 4) is 11.8 Å². The van der Waals surface area contributed by atoms with E-state index in [0.29, 0.717) is 38.8 Å². The van der Waals surface area contributed by atoms with Gasteiger partial charge in [0, 0.05) is 29.9 Å². The first-order chi connectivity index (χ1) is 14.5. The molecule has 146 valence electrons. The number of hydrogen-bond donors (Lipinski definition) is 1. The van der Waals surface area contributed by atoms with Crippen LogP contribution in [0, 0.1) is 11.8 Å². The number of ketones is 1. The number of aromatic nitrogens is 1. The Labute approximate surface area is 183 Å². The van der Waals surface area contributed by atoms with Crippen LogP contribution >= 0.6 is 23.2 Å². The summed E-state index contributed by atoms with van der Waals surface area (Å²) in [4.78, 5) is 29.4. The van der Waals surface area contributed by atoms with E-state index in [1.165, 1.54) is 6.08 Å². The fraction of sp³-hybridized carbons (Fsp3) is 0.0417. The number of nitrogens with one attached hydrogen (secondary N) is 1. The third-order valence-electron chi connectivity index (χ3n) is 4.53. The van der Waals surface area contributed by atoms with Gasteiger partial charge in [0.15, 0.2) is 0 Å². The van der Waals surface area contributed by atoms with Crippen LogP contribution in [0.4, 0.5) is 5.69 Å². The van der Waals surface area contributed by atoms with E-state index in [9.17, 15) is 9.59 Å². The highest BCUT2D eigenvalue weighted by molar-refractivity contribution is 6.42. The van der Waals surface area contributed by atoms with Gasteiger partial charge in [0.05, 0.1) is 21.3 Å². The first-order valence-corrected chi connectivity index (χ1v) is 9.81. The van der Waals surface area contributed by atoms with Gasteiger partial charge in [-0.1, -0.05) is 41.1 Å². The second-order valence-electron chi connectivity index (χ2n) is 6.61. The van der Waals surface area contributed by atoms with Crippen LogP contribution in [0.5, 0.6) is 0 Å². The summed E-state index contributed by atoms with van der Waals surface area (Å²) in [6, 6.07) is 13.9. The predicted molar refractivity (Wildman–Crippen MR) is 119 cm³/mol. The Bertz CT molecular complexity index is 1260. The van der Waals surface area contributed by atoms with Crippen molar-refractivity contribution in [2.24, 2.45) is 0 Å². The van der Waals surface area contributed by atoms with Crippen LogP contribution in [-0.4, -0.2) is 16.7 Å². The van der Waals surface area contributed by atoms with Crippen LogP contribution in [0.15, 0.2) is 66.5 Å². The largest absolute Gasteiger partial charge is 0.321 e. The molecule has 1 amide bonds. The first kappa shape index (κ1) is 19.9. The van der Waals surface area contributed by atoms with Crippen LogP contribution in [0.3, 0.4) is 0 Å². The van der Waals surface area contributed by atoms with Crippen LogP contribution in [0.2, 0.25) is 10.0 Å². The lowest BCUT2D eigenvalue weighted by Crippen LogP contribution is -2.27. The van der Waals surface area contributed by atoms with Gasteiger partial charge in [-0.05, 0) is 59.7 Å². The molecule has 0 spiro atoms. The number of nitrogens with zero attached hydrogens (tertiary/aromatic N) is 1. The van der Waals surface area contributed by atoms with Gasteiger partial charge >= 0.3 is 0 Å². The van der Waals surface area contributed by atoms with Gasteiger partial charge in [0.2, 0.25) is 5.78 Å². The van der Waals surface area contributed by atoms with Gasteiger partial charge in [-0.3, -0.25) is 14.6 Å². The molecule has 2 heterocycles. The summed E-state index contributed by atoms with van der Waals surface area (Å²) in [6.45, 7) is 0. The second kappa shape index (κ2) is 8.54. The maximum absolute atomic E-state index is 13.0. The van der Waals surface area contributed by atoms with Crippen molar-refractivity contribution < 1.29 is 9.59 Å². The van der Waals surface area contributed by atoms with Gasteiger partial charge in [0.1, 0.15) is 0 Å². The molecule has 6 heteroatoms. The van der Waals surface area contributed by atoms with Gasteiger partial charge < -0.3 is 5.32 Å². The monoisotopic (exact) mass is 432 g/mol. The van der Waals surface area contributed by atoms with E-state index in [-0.39, 0.29) is 11.4 Å². The van der Waals surface area contributed by atoms with Crippen molar-refractivity contribution in [3.63, 3.8) is 0 Å². The van der Waals surface area contributed by atoms with Crippen molar-refractivity contribution in [1.29, 1.82) is 0 Å². The number of carbonyl (C=O) groups excluding carboxylic acids is 2. The molecule has 0 saturated carbocycles. The highest BCUT2D eigenvalue weighted by Crippen LogP contribution is 2.29. The fourth-order valence-electron chi connectivity index (χ4n) is 3.01. The third-order valence-corrected chi connectivity index (χ3v) is 5.27. The SMILES string of the molecule is O=C1Nc2ccc(C#CCc3ccncc3)cc2C(=O)/C1=C/c1ccc(Cl)c(Cl)c1. The molecule has 30 heavy (non-hydrogen) atoms. The highest BCUT2D eigenvalue weighted by Gasteiger charge is 2.28. The number of pyridine rings is 1. The zero-order chi connectivity index (χ0) is 21.1. The van der Waals surface area contributed by atoms with Crippen LogP contribution in [0.1, 0.15) is 27.0 Å². The topological polar surface area (TPSA) is 59.1 Å². The molecule has 4 nitrogen and oxygen atoms in total. The summed E-state index contributed by atoms with van der Waals surface area (Å²) in [5.74, 6) is 5.33. The summed E-state index contributed by atoms with van der Waals surface area (Å²) >= 11 is 12.0. The molecule has 1 aliphatic rings. The number of benzene rings is 2. The molecule has 0 bridgehead atoms. The van der Waals surface area contributed by atoms with Gasteiger partial charge in [-0.15, -0.1) is 0 Å². The molecule has 4 rings (SSSR count). The third kappa shape index (κ3) is 4.28. The maximum atomic E-state index is 13.0. The minimum absolute atomic E-state index is 0.0304. The molecular weight excluding hydrogens is 419 g/mol. The molecule has 0 atom stereocenters. The lowest BCUT2D eigenvalue weighted by molar-refractivity contribution is -0.112. The quantitative estimate of drug-likeness (QED) is 0.343. The molecule has 0 unspecified atom stereocenters. The average Bonchev–Trinajstić information content (AvgIpc) is 2.75. The highest BCUT2D eigenvalue weighted by atomic mass is 35.5. The van der Waals surface area contributed by atoms with E-state index in [4.69, 9.17) is 23.2 Å². The maximum Gasteiger partial charge on any atom is 0.259 e. The number of fused-ring (bicyclic) bond motifs is 1. The molecule has 1 aromatic heterocycles. The van der Waals surface area contributed by atoms with Crippen molar-refractivity contribution >= 4 is 46.7 Å². The fourth-order valence-corrected chi connectivity index (χ4v) is 3.31. The van der Waals surface area contributed by atoms with Gasteiger partial charge in [-0.2, -0.15) is 0 Å². The number of Topliss-reactive ketones (excluding diaryl/α,β-unsaturated/α-hetero) is 1. The van der Waals surface area contributed by atoms with Gasteiger partial charge in [-0.25, -0.2) is 0 Å². The van der Waals surface area contributed by atoms with Crippen molar-refractivity contribution in [2.45, 2.75) is 6.42 Å². The molecule has 1 aliphatic heterocycles. The van der Waals surface area contributed by atoms with E-state index < -0.39 is 5.91 Å². The van der Waals surface area contributed by atoms with Gasteiger partial charge in [0.25, 0.3) is 5.91 Å². The second-order valence-corrected chi connectivity index (χ2v) is 7.42. The van der Waals surface area contributed by atoms with Crippen molar-refractivity contribution in [3.05, 3.63) is 98.8 Å². The first-order valence-electron chi connectivity index (χ1n) is 9.06. The molecule has 0 fully saturated rings. The Morgan fingerprint density at radius 3 is 2.53 bits per heavy atom. The smallest absolute Gasteiger partial charge is 0.259 e. The molecule has 3 aromatic rings. The van der Waals surface area contributed by atoms with Crippen molar-refractivity contribution in [2.75, 3.05) is 5.32 Å². The standard InChI is InChI=1S/C24H14Cl2N2O2/c25-20-6-4-17(14-21(20)26)13-19-23(29)18-12-16(5-7-22(18)28-24(19)30)3-1-2-15-8-10-27-11-9-15/h4-14H,2H2,(H,28,30)/b19-13-. The predicted octanol–water partition coefficient (Wildman–Crippen LogP) is 5.20. The summed E-state index contributed by atoms with van der Waals surface area (Å²) < 4.78 is 0.